The molecule has 0 radical (unpaired) electrons. The van der Waals surface area contributed by atoms with Crippen LogP contribution < -0.4 is 4.90 Å². The number of aromatic nitrogens is 1. The summed E-state index contributed by atoms with van der Waals surface area (Å²) in [7, 11) is 0. The van der Waals surface area contributed by atoms with Gasteiger partial charge in [0.25, 0.3) is 0 Å². The first-order valence-electron chi connectivity index (χ1n) is 7.91. The van der Waals surface area contributed by atoms with Gasteiger partial charge in [-0.25, -0.2) is 0 Å². The third-order valence-corrected chi connectivity index (χ3v) is 4.08. The van der Waals surface area contributed by atoms with Crippen LogP contribution in [-0.4, -0.2) is 42.0 Å². The van der Waals surface area contributed by atoms with E-state index in [4.69, 9.17) is 0 Å². The van der Waals surface area contributed by atoms with Gasteiger partial charge < -0.3 is 9.80 Å². The van der Waals surface area contributed by atoms with Crippen molar-refractivity contribution in [3.05, 3.63) is 66.0 Å². The van der Waals surface area contributed by atoms with Gasteiger partial charge in [-0.3, -0.25) is 9.78 Å². The van der Waals surface area contributed by atoms with Crippen molar-refractivity contribution in [3.8, 4) is 0 Å². The maximum Gasteiger partial charge on any atom is 0.246 e. The van der Waals surface area contributed by atoms with Gasteiger partial charge in [-0.2, -0.15) is 0 Å². The van der Waals surface area contributed by atoms with Crippen LogP contribution in [0.15, 0.2) is 54.9 Å². The fraction of sp³-hybridized carbons (Fsp3) is 0.263. The molecule has 2 heterocycles. The van der Waals surface area contributed by atoms with Gasteiger partial charge in [-0.15, -0.1) is 0 Å². The molecule has 2 aromatic rings. The van der Waals surface area contributed by atoms with Crippen molar-refractivity contribution >= 4 is 17.7 Å². The minimum atomic E-state index is 0.0842. The van der Waals surface area contributed by atoms with Crippen molar-refractivity contribution in [1.82, 2.24) is 9.88 Å². The molecule has 1 aliphatic heterocycles. The van der Waals surface area contributed by atoms with E-state index in [2.05, 4.69) is 28.9 Å². The molecule has 0 saturated carbocycles. The summed E-state index contributed by atoms with van der Waals surface area (Å²) in [6.07, 6.45) is 7.18. The lowest BCUT2D eigenvalue weighted by atomic mass is 10.1. The van der Waals surface area contributed by atoms with E-state index in [1.807, 2.05) is 35.2 Å². The first kappa shape index (κ1) is 15.3. The predicted octanol–water partition coefficient (Wildman–Crippen LogP) is 2.75. The average Bonchev–Trinajstić information content (AvgIpc) is 2.61. The van der Waals surface area contributed by atoms with Crippen molar-refractivity contribution in [1.29, 1.82) is 0 Å². The second kappa shape index (κ2) is 7.09. The summed E-state index contributed by atoms with van der Waals surface area (Å²) >= 11 is 0. The third kappa shape index (κ3) is 3.97. The van der Waals surface area contributed by atoms with Crippen LogP contribution in [0.5, 0.6) is 0 Å². The lowest BCUT2D eigenvalue weighted by Gasteiger charge is -2.35. The Balaban J connectivity index is 1.56. The molecule has 0 unspecified atom stereocenters. The molecule has 1 amide bonds. The highest BCUT2D eigenvalue weighted by Gasteiger charge is 2.19. The molecule has 0 N–H and O–H groups in total. The predicted molar refractivity (Wildman–Crippen MR) is 93.2 cm³/mol. The maximum absolute atomic E-state index is 12.3. The lowest BCUT2D eigenvalue weighted by molar-refractivity contribution is -0.126. The summed E-state index contributed by atoms with van der Waals surface area (Å²) in [5.41, 5.74) is 3.43. The van der Waals surface area contributed by atoms with Crippen LogP contribution in [0.1, 0.15) is 11.1 Å². The van der Waals surface area contributed by atoms with Gasteiger partial charge in [0.15, 0.2) is 0 Å². The van der Waals surface area contributed by atoms with Crippen molar-refractivity contribution in [2.45, 2.75) is 6.92 Å². The fourth-order valence-corrected chi connectivity index (χ4v) is 2.79. The summed E-state index contributed by atoms with van der Waals surface area (Å²) in [5, 5.41) is 0. The zero-order valence-electron chi connectivity index (χ0n) is 13.4. The number of anilines is 1. The molecule has 4 heteroatoms. The van der Waals surface area contributed by atoms with Crippen molar-refractivity contribution in [2.24, 2.45) is 0 Å². The van der Waals surface area contributed by atoms with E-state index >= 15 is 0 Å². The fourth-order valence-electron chi connectivity index (χ4n) is 2.79. The number of carbonyl (C=O) groups excluding carboxylic acids is 1. The Morgan fingerprint density at radius 2 is 1.83 bits per heavy atom. The van der Waals surface area contributed by atoms with E-state index < -0.39 is 0 Å². The van der Waals surface area contributed by atoms with Crippen LogP contribution in [0.2, 0.25) is 0 Å². The maximum atomic E-state index is 12.3. The number of benzene rings is 1. The van der Waals surface area contributed by atoms with Crippen LogP contribution in [0, 0.1) is 6.92 Å². The van der Waals surface area contributed by atoms with Gasteiger partial charge in [0.05, 0.1) is 0 Å². The van der Waals surface area contributed by atoms with Crippen LogP contribution in [0.25, 0.3) is 6.08 Å². The molecule has 0 bridgehead atoms. The van der Waals surface area contributed by atoms with E-state index in [1.165, 1.54) is 11.3 Å². The number of pyridine rings is 1. The van der Waals surface area contributed by atoms with Crippen molar-refractivity contribution in [3.63, 3.8) is 0 Å². The topological polar surface area (TPSA) is 36.4 Å². The number of piperazine rings is 1. The highest BCUT2D eigenvalue weighted by Crippen LogP contribution is 2.15. The van der Waals surface area contributed by atoms with Gasteiger partial charge in [-0.05, 0) is 30.7 Å². The molecule has 3 rings (SSSR count). The zero-order valence-corrected chi connectivity index (χ0v) is 13.4. The van der Waals surface area contributed by atoms with E-state index in [-0.39, 0.29) is 5.91 Å². The number of nitrogens with zero attached hydrogens (tertiary/aromatic N) is 3. The third-order valence-electron chi connectivity index (χ3n) is 4.08. The van der Waals surface area contributed by atoms with Crippen molar-refractivity contribution in [2.75, 3.05) is 31.1 Å². The van der Waals surface area contributed by atoms with E-state index in [1.54, 1.807) is 18.5 Å². The Bertz CT molecular complexity index is 689. The summed E-state index contributed by atoms with van der Waals surface area (Å²) in [4.78, 5) is 20.5. The first-order chi connectivity index (χ1) is 11.2. The van der Waals surface area contributed by atoms with E-state index in [0.29, 0.717) is 0 Å². The molecule has 1 saturated heterocycles. The van der Waals surface area contributed by atoms with Crippen LogP contribution in [0.3, 0.4) is 0 Å². The summed E-state index contributed by atoms with van der Waals surface area (Å²) in [6, 6.07) is 12.2. The second-order valence-electron chi connectivity index (χ2n) is 5.77. The lowest BCUT2D eigenvalue weighted by Crippen LogP contribution is -2.48. The summed E-state index contributed by atoms with van der Waals surface area (Å²) in [5.74, 6) is 0.0842. The van der Waals surface area contributed by atoms with Gasteiger partial charge in [-0.1, -0.05) is 29.8 Å². The van der Waals surface area contributed by atoms with Crippen LogP contribution in [0.4, 0.5) is 5.69 Å². The Kier molecular flexibility index (Phi) is 4.71. The Hall–Kier alpha value is -2.62. The van der Waals surface area contributed by atoms with Gasteiger partial charge in [0.2, 0.25) is 5.91 Å². The molecule has 118 valence electrons. The highest BCUT2D eigenvalue weighted by atomic mass is 16.2. The minimum Gasteiger partial charge on any atom is -0.368 e. The Morgan fingerprint density at radius 1 is 1.09 bits per heavy atom. The standard InChI is InChI=1S/C19H21N3O/c1-16-3-2-4-17(15-16)5-6-19(23)22-13-11-21(12-14-22)18-7-9-20-10-8-18/h2-10,15H,11-14H2,1H3/b6-5+. The molecule has 1 fully saturated rings. The molecule has 0 aliphatic carbocycles. The first-order valence-corrected chi connectivity index (χ1v) is 7.91. The SMILES string of the molecule is Cc1cccc(/C=C/C(=O)N2CCN(c3ccncc3)CC2)c1. The number of amides is 1. The summed E-state index contributed by atoms with van der Waals surface area (Å²) < 4.78 is 0. The molecular formula is C19H21N3O. The highest BCUT2D eigenvalue weighted by molar-refractivity contribution is 5.92. The Labute approximate surface area is 137 Å². The van der Waals surface area contributed by atoms with Crippen molar-refractivity contribution < 1.29 is 4.79 Å². The monoisotopic (exact) mass is 307 g/mol. The van der Waals surface area contributed by atoms with Gasteiger partial charge >= 0.3 is 0 Å². The molecule has 1 aliphatic rings. The molecule has 23 heavy (non-hydrogen) atoms. The Morgan fingerprint density at radius 3 is 2.52 bits per heavy atom. The smallest absolute Gasteiger partial charge is 0.246 e. The number of hydrogen-bond acceptors (Lipinski definition) is 3. The van der Waals surface area contributed by atoms with Crippen LogP contribution >= 0.6 is 0 Å². The number of carbonyl (C=O) groups is 1. The molecule has 1 aromatic heterocycles. The second-order valence-corrected chi connectivity index (χ2v) is 5.77. The molecule has 0 atom stereocenters. The molecule has 0 spiro atoms. The minimum absolute atomic E-state index is 0.0842. The van der Waals surface area contributed by atoms with E-state index in [9.17, 15) is 4.79 Å². The van der Waals surface area contributed by atoms with Gasteiger partial charge in [0, 0.05) is 50.3 Å². The number of rotatable bonds is 3. The zero-order chi connectivity index (χ0) is 16.1. The van der Waals surface area contributed by atoms with E-state index in [0.717, 1.165) is 31.7 Å². The number of hydrogen-bond donors (Lipinski definition) is 0. The number of aryl methyl sites for hydroxylation is 1. The quantitative estimate of drug-likeness (QED) is 0.818. The molecular weight excluding hydrogens is 286 g/mol. The molecule has 1 aromatic carbocycles. The largest absolute Gasteiger partial charge is 0.368 e. The normalized spacial score (nSPS) is 15.2. The van der Waals surface area contributed by atoms with Gasteiger partial charge in [0.1, 0.15) is 0 Å². The molecule has 4 nitrogen and oxygen atoms in total. The average molecular weight is 307 g/mol. The van der Waals surface area contributed by atoms with Crippen LogP contribution in [-0.2, 0) is 4.79 Å². The summed E-state index contributed by atoms with van der Waals surface area (Å²) in [6.45, 7) is 5.26.